The van der Waals surface area contributed by atoms with Crippen molar-refractivity contribution in [3.8, 4) is 5.75 Å². The molecule has 0 aliphatic rings. The second kappa shape index (κ2) is 5.49. The van der Waals surface area contributed by atoms with E-state index in [4.69, 9.17) is 4.74 Å². The Morgan fingerprint density at radius 1 is 1.17 bits per heavy atom. The van der Waals surface area contributed by atoms with Gasteiger partial charge < -0.3 is 10.1 Å². The van der Waals surface area contributed by atoms with Crippen LogP contribution < -0.4 is 10.1 Å². The molecule has 0 saturated heterocycles. The van der Waals surface area contributed by atoms with Crippen molar-refractivity contribution in [2.75, 3.05) is 12.4 Å². The zero-order chi connectivity index (χ0) is 13.0. The predicted octanol–water partition coefficient (Wildman–Crippen LogP) is 2.97. The third-order valence-corrected chi connectivity index (χ3v) is 2.76. The summed E-state index contributed by atoms with van der Waals surface area (Å²) in [7, 11) is 1.66. The molecule has 0 radical (unpaired) electrons. The van der Waals surface area contributed by atoms with Crippen LogP contribution >= 0.6 is 0 Å². The molecular weight excluding hydrogens is 226 g/mol. The van der Waals surface area contributed by atoms with Crippen LogP contribution in [-0.2, 0) is 0 Å². The summed E-state index contributed by atoms with van der Waals surface area (Å²) >= 11 is 0. The molecule has 0 fully saturated rings. The number of ether oxygens (including phenoxy) is 1. The topological polar surface area (TPSA) is 47.0 Å². The lowest BCUT2D eigenvalue weighted by molar-refractivity contribution is 0.414. The van der Waals surface area contributed by atoms with Gasteiger partial charge in [0.1, 0.15) is 5.75 Å². The maximum atomic E-state index is 5.14. The first kappa shape index (κ1) is 12.4. The van der Waals surface area contributed by atoms with Gasteiger partial charge in [-0.25, -0.2) is 9.97 Å². The molecule has 2 aromatic rings. The molecule has 18 heavy (non-hydrogen) atoms. The van der Waals surface area contributed by atoms with Crippen LogP contribution in [0.5, 0.6) is 5.75 Å². The number of hydrogen-bond donors (Lipinski definition) is 1. The summed E-state index contributed by atoms with van der Waals surface area (Å²) in [6.45, 7) is 4.03. The smallest absolute Gasteiger partial charge is 0.223 e. The average molecular weight is 243 g/mol. The molecule has 0 bridgehead atoms. The molecule has 1 atom stereocenters. The third-order valence-electron chi connectivity index (χ3n) is 2.76. The number of methoxy groups -OCH3 is 1. The van der Waals surface area contributed by atoms with Gasteiger partial charge in [0.2, 0.25) is 5.95 Å². The maximum absolute atomic E-state index is 5.14. The first-order valence-corrected chi connectivity index (χ1v) is 5.89. The van der Waals surface area contributed by atoms with E-state index in [-0.39, 0.29) is 6.04 Å². The van der Waals surface area contributed by atoms with Crippen LogP contribution in [0.1, 0.15) is 24.2 Å². The standard InChI is InChI=1S/C14H17N3O/c1-10-8-9-15-14(16-10)17-11(2)12-4-6-13(18-3)7-5-12/h4-9,11H,1-3H3,(H,15,16,17). The molecule has 1 heterocycles. The highest BCUT2D eigenvalue weighted by molar-refractivity contribution is 5.34. The zero-order valence-electron chi connectivity index (χ0n) is 10.8. The number of hydrogen-bond acceptors (Lipinski definition) is 4. The van der Waals surface area contributed by atoms with Crippen LogP contribution in [0.25, 0.3) is 0 Å². The Bertz CT molecular complexity index is 511. The normalized spacial score (nSPS) is 11.9. The summed E-state index contributed by atoms with van der Waals surface area (Å²) in [6, 6.07) is 9.99. The molecular formula is C14H17N3O. The summed E-state index contributed by atoms with van der Waals surface area (Å²) in [5.74, 6) is 1.51. The van der Waals surface area contributed by atoms with E-state index in [0.29, 0.717) is 5.95 Å². The zero-order valence-corrected chi connectivity index (χ0v) is 10.8. The number of anilines is 1. The molecule has 0 aliphatic carbocycles. The monoisotopic (exact) mass is 243 g/mol. The highest BCUT2D eigenvalue weighted by atomic mass is 16.5. The van der Waals surface area contributed by atoms with Crippen molar-refractivity contribution in [1.82, 2.24) is 9.97 Å². The molecule has 94 valence electrons. The molecule has 0 aliphatic heterocycles. The van der Waals surface area contributed by atoms with E-state index in [9.17, 15) is 0 Å². The highest BCUT2D eigenvalue weighted by Gasteiger charge is 2.06. The minimum Gasteiger partial charge on any atom is -0.497 e. The molecule has 1 aromatic carbocycles. The second-order valence-electron chi connectivity index (χ2n) is 4.16. The largest absolute Gasteiger partial charge is 0.497 e. The van der Waals surface area contributed by atoms with E-state index in [2.05, 4.69) is 22.2 Å². The van der Waals surface area contributed by atoms with E-state index in [0.717, 1.165) is 11.4 Å². The number of benzene rings is 1. The van der Waals surface area contributed by atoms with Crippen LogP contribution in [0, 0.1) is 6.92 Å². The Kier molecular flexibility index (Phi) is 3.77. The Balaban J connectivity index is 2.09. The number of nitrogens with zero attached hydrogens (tertiary/aromatic N) is 2. The quantitative estimate of drug-likeness (QED) is 0.896. The van der Waals surface area contributed by atoms with Gasteiger partial charge in [0.05, 0.1) is 13.2 Å². The van der Waals surface area contributed by atoms with Crippen molar-refractivity contribution in [3.63, 3.8) is 0 Å². The van der Waals surface area contributed by atoms with E-state index >= 15 is 0 Å². The maximum Gasteiger partial charge on any atom is 0.223 e. The number of aromatic nitrogens is 2. The van der Waals surface area contributed by atoms with Gasteiger partial charge in [-0.3, -0.25) is 0 Å². The van der Waals surface area contributed by atoms with Crippen LogP contribution in [0.2, 0.25) is 0 Å². The molecule has 0 spiro atoms. The van der Waals surface area contributed by atoms with Gasteiger partial charge in [0, 0.05) is 11.9 Å². The van der Waals surface area contributed by atoms with Crippen molar-refractivity contribution in [2.45, 2.75) is 19.9 Å². The Morgan fingerprint density at radius 2 is 1.89 bits per heavy atom. The fourth-order valence-electron chi connectivity index (χ4n) is 1.69. The third kappa shape index (κ3) is 2.97. The van der Waals surface area contributed by atoms with Crippen LogP contribution in [-0.4, -0.2) is 17.1 Å². The Labute approximate surface area is 107 Å². The number of nitrogens with one attached hydrogen (secondary N) is 1. The lowest BCUT2D eigenvalue weighted by Gasteiger charge is -2.14. The molecule has 1 unspecified atom stereocenters. The fraction of sp³-hybridized carbons (Fsp3) is 0.286. The van der Waals surface area contributed by atoms with Gasteiger partial charge in [-0.1, -0.05) is 12.1 Å². The Morgan fingerprint density at radius 3 is 2.50 bits per heavy atom. The first-order valence-electron chi connectivity index (χ1n) is 5.89. The van der Waals surface area contributed by atoms with E-state index in [1.54, 1.807) is 13.3 Å². The SMILES string of the molecule is COc1ccc(C(C)Nc2nccc(C)n2)cc1. The molecule has 4 nitrogen and oxygen atoms in total. The van der Waals surface area contributed by atoms with Crippen molar-refractivity contribution in [3.05, 3.63) is 47.8 Å². The minimum absolute atomic E-state index is 0.151. The molecule has 1 aromatic heterocycles. The van der Waals surface area contributed by atoms with Gasteiger partial charge in [-0.15, -0.1) is 0 Å². The van der Waals surface area contributed by atoms with Gasteiger partial charge in [0.25, 0.3) is 0 Å². The van der Waals surface area contributed by atoms with E-state index < -0.39 is 0 Å². The molecule has 4 heteroatoms. The summed E-state index contributed by atoms with van der Waals surface area (Å²) in [5, 5.41) is 3.27. The van der Waals surface area contributed by atoms with Crippen molar-refractivity contribution >= 4 is 5.95 Å². The summed E-state index contributed by atoms with van der Waals surface area (Å²) < 4.78 is 5.14. The van der Waals surface area contributed by atoms with Gasteiger partial charge in [-0.05, 0) is 37.6 Å². The fourth-order valence-corrected chi connectivity index (χ4v) is 1.69. The molecule has 1 N–H and O–H groups in total. The first-order chi connectivity index (χ1) is 8.69. The molecule has 0 saturated carbocycles. The molecule has 0 amide bonds. The van der Waals surface area contributed by atoms with Gasteiger partial charge in [-0.2, -0.15) is 0 Å². The summed E-state index contributed by atoms with van der Waals surface area (Å²) in [4.78, 5) is 8.52. The van der Waals surface area contributed by atoms with Crippen molar-refractivity contribution in [1.29, 1.82) is 0 Å². The Hall–Kier alpha value is -2.10. The minimum atomic E-state index is 0.151. The number of rotatable bonds is 4. The van der Waals surface area contributed by atoms with Crippen LogP contribution in [0.4, 0.5) is 5.95 Å². The molecule has 2 rings (SSSR count). The van der Waals surface area contributed by atoms with Crippen molar-refractivity contribution < 1.29 is 4.74 Å². The van der Waals surface area contributed by atoms with Gasteiger partial charge >= 0.3 is 0 Å². The second-order valence-corrected chi connectivity index (χ2v) is 4.16. The summed E-state index contributed by atoms with van der Waals surface area (Å²) in [6.07, 6.45) is 1.76. The van der Waals surface area contributed by atoms with Crippen LogP contribution in [0.3, 0.4) is 0 Å². The predicted molar refractivity (Wildman–Crippen MR) is 71.8 cm³/mol. The highest BCUT2D eigenvalue weighted by Crippen LogP contribution is 2.19. The average Bonchev–Trinajstić information content (AvgIpc) is 2.39. The van der Waals surface area contributed by atoms with Crippen molar-refractivity contribution in [2.24, 2.45) is 0 Å². The lowest BCUT2D eigenvalue weighted by atomic mass is 10.1. The van der Waals surface area contributed by atoms with Gasteiger partial charge in [0.15, 0.2) is 0 Å². The van der Waals surface area contributed by atoms with E-state index in [1.807, 2.05) is 37.3 Å². The summed E-state index contributed by atoms with van der Waals surface area (Å²) in [5.41, 5.74) is 2.12. The van der Waals surface area contributed by atoms with Crippen LogP contribution in [0.15, 0.2) is 36.5 Å². The van der Waals surface area contributed by atoms with E-state index in [1.165, 1.54) is 5.56 Å². The lowest BCUT2D eigenvalue weighted by Crippen LogP contribution is -2.09. The number of aryl methyl sites for hydroxylation is 1.